The average molecular weight is 525 g/mol. The Hall–Kier alpha value is -2.20. The van der Waals surface area contributed by atoms with Gasteiger partial charge in [0.2, 0.25) is 5.91 Å². The number of allylic oxidation sites excluding steroid dienone is 3. The van der Waals surface area contributed by atoms with Gasteiger partial charge >= 0.3 is 6.09 Å². The summed E-state index contributed by atoms with van der Waals surface area (Å²) in [6.07, 6.45) is 5.57. The third kappa shape index (κ3) is 7.16. The maximum absolute atomic E-state index is 12.9. The molecule has 3 rings (SSSR count). The lowest BCUT2D eigenvalue weighted by atomic mass is 9.98. The van der Waals surface area contributed by atoms with Crippen LogP contribution in [0.25, 0.3) is 0 Å². The number of hydrogen-bond donors (Lipinski definition) is 3. The normalized spacial score (nSPS) is 31.1. The summed E-state index contributed by atoms with van der Waals surface area (Å²) < 4.78 is 10.8. The van der Waals surface area contributed by atoms with Crippen molar-refractivity contribution in [1.29, 1.82) is 0 Å². The number of nitrogens with one attached hydrogen (secondary N) is 1. The summed E-state index contributed by atoms with van der Waals surface area (Å²) in [5.74, 6) is 0.275. The van der Waals surface area contributed by atoms with E-state index in [1.54, 1.807) is 13.1 Å². The molecule has 2 aliphatic rings. The first-order valence-corrected chi connectivity index (χ1v) is 12.8. The van der Waals surface area contributed by atoms with Crippen molar-refractivity contribution in [2.24, 2.45) is 0 Å². The Bertz CT molecular complexity index is 1020. The predicted molar refractivity (Wildman–Crippen MR) is 138 cm³/mol. The van der Waals surface area contributed by atoms with E-state index in [0.717, 1.165) is 11.1 Å². The number of hydrogen-bond acceptors (Lipinski definition) is 7. The molecule has 192 valence electrons. The molecule has 1 saturated heterocycles. The lowest BCUT2D eigenvalue weighted by Crippen LogP contribution is -2.57. The summed E-state index contributed by atoms with van der Waals surface area (Å²) in [4.78, 5) is 26.5. The Morgan fingerprint density at radius 3 is 2.80 bits per heavy atom. The minimum Gasteiger partial charge on any atom is -0.495 e. The predicted octanol–water partition coefficient (Wildman–Crippen LogP) is 4.17. The number of methoxy groups -OCH3 is 1. The topological polar surface area (TPSA) is 108 Å². The first-order chi connectivity index (χ1) is 16.5. The number of carbonyl (C=O) groups is 2. The number of fused-ring (bicyclic) bond motifs is 4. The van der Waals surface area contributed by atoms with E-state index in [1.165, 1.54) is 23.8 Å². The maximum atomic E-state index is 12.9. The van der Waals surface area contributed by atoms with Crippen molar-refractivity contribution >= 4 is 41.1 Å². The Balaban J connectivity index is 1.93. The van der Waals surface area contributed by atoms with Gasteiger partial charge in [-0.05, 0) is 44.4 Å². The first-order valence-electron chi connectivity index (χ1n) is 11.5. The highest BCUT2D eigenvalue weighted by Gasteiger charge is 2.41. The van der Waals surface area contributed by atoms with Gasteiger partial charge in [-0.2, -0.15) is 0 Å². The molecular formula is C25H33ClN2O6S. The van der Waals surface area contributed by atoms with Crippen LogP contribution in [-0.2, 0) is 16.0 Å². The molecule has 1 fully saturated rings. The molecule has 0 spiro atoms. The Morgan fingerprint density at radius 2 is 2.09 bits per heavy atom. The Morgan fingerprint density at radius 1 is 1.34 bits per heavy atom. The fraction of sp³-hybridized carbons (Fsp3) is 0.520. The highest BCUT2D eigenvalue weighted by atomic mass is 35.5. The molecule has 2 amide bonds. The standard InChI is InChI=1S/C25H33ClN2O6S/c1-15-7-5-6-10-25(32)14-20(34-24(31)27-25)16(2)35-22(30)9-8-21(29)28(3)18-12-17(11-15)13-19(33-4)23(18)26/h5-7,12-13,16,20,22,30,32H,8-11,14H2,1-4H3,(H,27,31)/b6-5+,15-7+/t16-,20?,22?,25-/m1/s1. The van der Waals surface area contributed by atoms with E-state index < -0.39 is 23.4 Å². The second-order valence-corrected chi connectivity index (χ2v) is 11.0. The Labute approximate surface area is 215 Å². The van der Waals surface area contributed by atoms with Crippen LogP contribution in [0.15, 0.2) is 35.9 Å². The van der Waals surface area contributed by atoms with Crippen molar-refractivity contribution in [3.05, 3.63) is 46.5 Å². The first kappa shape index (κ1) is 27.4. The molecule has 4 atom stereocenters. The van der Waals surface area contributed by atoms with Crippen molar-refractivity contribution in [3.8, 4) is 5.75 Å². The number of thioether (sulfide) groups is 1. The third-order valence-corrected chi connectivity index (χ3v) is 7.79. The molecule has 8 nitrogen and oxygen atoms in total. The van der Waals surface area contributed by atoms with Gasteiger partial charge in [-0.25, -0.2) is 4.79 Å². The summed E-state index contributed by atoms with van der Waals surface area (Å²) in [5, 5.41) is 24.1. The summed E-state index contributed by atoms with van der Waals surface area (Å²) in [7, 11) is 3.18. The zero-order chi connectivity index (χ0) is 25.8. The molecular weight excluding hydrogens is 492 g/mol. The van der Waals surface area contributed by atoms with Crippen LogP contribution < -0.4 is 15.0 Å². The molecule has 0 aliphatic carbocycles. The number of amides is 2. The molecule has 0 radical (unpaired) electrons. The zero-order valence-electron chi connectivity index (χ0n) is 20.4. The number of anilines is 1. The molecule has 2 heterocycles. The second kappa shape index (κ2) is 11.7. The van der Waals surface area contributed by atoms with Crippen LogP contribution in [0.4, 0.5) is 10.5 Å². The van der Waals surface area contributed by atoms with Crippen LogP contribution >= 0.6 is 23.4 Å². The highest BCUT2D eigenvalue weighted by molar-refractivity contribution is 8.00. The third-order valence-electron chi connectivity index (χ3n) is 6.12. The Kier molecular flexibility index (Phi) is 9.15. The van der Waals surface area contributed by atoms with Crippen LogP contribution in [0.1, 0.15) is 45.1 Å². The van der Waals surface area contributed by atoms with Gasteiger partial charge in [0, 0.05) is 31.6 Å². The molecule has 4 bridgehead atoms. The largest absolute Gasteiger partial charge is 0.495 e. The van der Waals surface area contributed by atoms with Crippen molar-refractivity contribution in [1.82, 2.24) is 5.32 Å². The van der Waals surface area contributed by atoms with Gasteiger partial charge in [-0.3, -0.25) is 10.1 Å². The van der Waals surface area contributed by atoms with Crippen LogP contribution in [0.5, 0.6) is 5.75 Å². The number of aliphatic hydroxyl groups excluding tert-OH is 1. The minimum atomic E-state index is -1.45. The van der Waals surface area contributed by atoms with E-state index >= 15 is 0 Å². The maximum Gasteiger partial charge on any atom is 0.409 e. The molecule has 2 unspecified atom stereocenters. The SMILES string of the molecule is COc1cc2cc(c1Cl)N(C)C(=O)CCC(O)S[C@H](C)C1C[C@](O)(C/C=C/C=C(\C)C2)NC(=O)O1. The summed E-state index contributed by atoms with van der Waals surface area (Å²) >= 11 is 7.73. The van der Waals surface area contributed by atoms with E-state index in [-0.39, 0.29) is 36.8 Å². The molecule has 0 saturated carbocycles. The summed E-state index contributed by atoms with van der Waals surface area (Å²) in [6.45, 7) is 3.80. The molecule has 1 aromatic rings. The zero-order valence-corrected chi connectivity index (χ0v) is 22.0. The molecule has 35 heavy (non-hydrogen) atoms. The minimum absolute atomic E-state index is 0.0963. The molecule has 0 aromatic heterocycles. The van der Waals surface area contributed by atoms with Crippen LogP contribution in [0, 0.1) is 0 Å². The van der Waals surface area contributed by atoms with Crippen molar-refractivity contribution in [3.63, 3.8) is 0 Å². The molecule has 2 aliphatic heterocycles. The van der Waals surface area contributed by atoms with Crippen molar-refractivity contribution < 1.29 is 29.3 Å². The number of carbonyl (C=O) groups excluding carboxylic acids is 2. The number of rotatable bonds is 1. The monoisotopic (exact) mass is 524 g/mol. The average Bonchev–Trinajstić information content (AvgIpc) is 2.79. The number of alkyl carbamates (subject to hydrolysis) is 1. The van der Waals surface area contributed by atoms with Crippen LogP contribution in [0.2, 0.25) is 5.02 Å². The van der Waals surface area contributed by atoms with Crippen molar-refractivity contribution in [2.75, 3.05) is 19.1 Å². The van der Waals surface area contributed by atoms with Gasteiger partial charge in [-0.1, -0.05) is 35.4 Å². The second-order valence-electron chi connectivity index (χ2n) is 9.05. The van der Waals surface area contributed by atoms with Crippen LogP contribution in [-0.4, -0.2) is 58.9 Å². The summed E-state index contributed by atoms with van der Waals surface area (Å²) in [5.41, 5.74) is 0.199. The highest BCUT2D eigenvalue weighted by Crippen LogP contribution is 2.37. The van der Waals surface area contributed by atoms with Gasteiger partial charge in [0.25, 0.3) is 0 Å². The quantitative estimate of drug-likeness (QED) is 0.506. The van der Waals surface area contributed by atoms with Gasteiger partial charge in [0.1, 0.15) is 28.0 Å². The molecule has 3 N–H and O–H groups in total. The van der Waals surface area contributed by atoms with Gasteiger partial charge in [0.15, 0.2) is 0 Å². The van der Waals surface area contributed by atoms with Gasteiger partial charge in [-0.15, -0.1) is 11.8 Å². The number of ether oxygens (including phenoxy) is 2. The lowest BCUT2D eigenvalue weighted by Gasteiger charge is -2.39. The smallest absolute Gasteiger partial charge is 0.409 e. The number of nitrogens with zero attached hydrogens (tertiary/aromatic N) is 1. The van der Waals surface area contributed by atoms with E-state index in [4.69, 9.17) is 21.1 Å². The molecule has 1 aromatic carbocycles. The number of halogens is 1. The van der Waals surface area contributed by atoms with Gasteiger partial charge in [0.05, 0.1) is 12.8 Å². The van der Waals surface area contributed by atoms with E-state index in [9.17, 15) is 19.8 Å². The van der Waals surface area contributed by atoms with Gasteiger partial charge < -0.3 is 24.6 Å². The van der Waals surface area contributed by atoms with Crippen LogP contribution in [0.3, 0.4) is 0 Å². The number of aliphatic hydroxyl groups is 2. The lowest BCUT2D eigenvalue weighted by molar-refractivity contribution is -0.118. The van der Waals surface area contributed by atoms with Crippen molar-refractivity contribution in [2.45, 2.75) is 68.5 Å². The summed E-state index contributed by atoms with van der Waals surface area (Å²) in [6, 6.07) is 3.71. The van der Waals surface area contributed by atoms with E-state index in [1.807, 2.05) is 38.1 Å². The molecule has 10 heteroatoms. The fourth-order valence-electron chi connectivity index (χ4n) is 4.14. The number of benzene rings is 1. The van der Waals surface area contributed by atoms with E-state index in [2.05, 4.69) is 5.32 Å². The van der Waals surface area contributed by atoms with E-state index in [0.29, 0.717) is 22.9 Å². The fourth-order valence-corrected chi connectivity index (χ4v) is 5.53.